The summed E-state index contributed by atoms with van der Waals surface area (Å²) in [5.41, 5.74) is 2.11. The zero-order valence-electron chi connectivity index (χ0n) is 12.7. The molecule has 1 aromatic carbocycles. The van der Waals surface area contributed by atoms with Crippen molar-refractivity contribution in [2.45, 2.75) is 6.42 Å². The maximum atomic E-state index is 11.8. The Balaban J connectivity index is 1.71. The van der Waals surface area contributed by atoms with Gasteiger partial charge in [-0.05, 0) is 29.0 Å². The highest BCUT2D eigenvalue weighted by Gasteiger charge is 2.12. The molecular weight excluding hydrogens is 312 g/mol. The summed E-state index contributed by atoms with van der Waals surface area (Å²) < 4.78 is 5.11. The lowest BCUT2D eigenvalue weighted by Crippen LogP contribution is -1.99. The van der Waals surface area contributed by atoms with Crippen LogP contribution in [0.5, 0.6) is 5.75 Å². The SMILES string of the molecule is COc1ccc(Cc2cc(C(O)=CC(=O)c3nn[nH]n3)n[nH]2)cc1. The molecule has 0 bridgehead atoms. The third kappa shape index (κ3) is 3.46. The number of ketones is 1. The van der Waals surface area contributed by atoms with Gasteiger partial charge < -0.3 is 9.84 Å². The zero-order chi connectivity index (χ0) is 16.9. The van der Waals surface area contributed by atoms with Crippen LogP contribution in [0, 0.1) is 0 Å². The topological polar surface area (TPSA) is 130 Å². The second-order valence-electron chi connectivity index (χ2n) is 4.93. The molecule has 3 aromatic rings. The van der Waals surface area contributed by atoms with Gasteiger partial charge in [0.25, 0.3) is 0 Å². The van der Waals surface area contributed by atoms with Crippen LogP contribution in [0.1, 0.15) is 27.6 Å². The normalized spacial score (nSPS) is 11.5. The number of methoxy groups -OCH3 is 1. The summed E-state index contributed by atoms with van der Waals surface area (Å²) in [5.74, 6) is -0.192. The molecule has 24 heavy (non-hydrogen) atoms. The molecule has 0 unspecified atom stereocenters. The molecule has 0 spiro atoms. The summed E-state index contributed by atoms with van der Waals surface area (Å²) in [4.78, 5) is 11.8. The van der Waals surface area contributed by atoms with E-state index in [0.29, 0.717) is 6.42 Å². The van der Waals surface area contributed by atoms with Crippen LogP contribution in [0.25, 0.3) is 5.76 Å². The molecule has 3 rings (SSSR count). The first kappa shape index (κ1) is 15.4. The van der Waals surface area contributed by atoms with Gasteiger partial charge in [-0.15, -0.1) is 10.2 Å². The van der Waals surface area contributed by atoms with E-state index in [1.807, 2.05) is 24.3 Å². The molecule has 0 saturated carbocycles. The molecule has 0 saturated heterocycles. The summed E-state index contributed by atoms with van der Waals surface area (Å²) in [7, 11) is 1.61. The van der Waals surface area contributed by atoms with Gasteiger partial charge in [-0.1, -0.05) is 12.1 Å². The van der Waals surface area contributed by atoms with Crippen molar-refractivity contribution in [2.75, 3.05) is 7.11 Å². The lowest BCUT2D eigenvalue weighted by Gasteiger charge is -2.01. The average Bonchev–Trinajstić information content (AvgIpc) is 3.27. The van der Waals surface area contributed by atoms with E-state index < -0.39 is 5.78 Å². The van der Waals surface area contributed by atoms with Crippen LogP contribution >= 0.6 is 0 Å². The maximum absolute atomic E-state index is 11.8. The Morgan fingerprint density at radius 3 is 2.75 bits per heavy atom. The van der Waals surface area contributed by atoms with Crippen LogP contribution < -0.4 is 4.74 Å². The number of carbonyl (C=O) groups is 1. The van der Waals surface area contributed by atoms with Gasteiger partial charge in [-0.2, -0.15) is 10.3 Å². The van der Waals surface area contributed by atoms with Crippen molar-refractivity contribution in [3.05, 3.63) is 59.2 Å². The highest BCUT2D eigenvalue weighted by atomic mass is 16.5. The number of hydrogen-bond acceptors (Lipinski definition) is 7. The monoisotopic (exact) mass is 326 g/mol. The first-order valence-electron chi connectivity index (χ1n) is 7.01. The molecule has 0 aliphatic heterocycles. The number of allylic oxidation sites excluding steroid dienone is 1. The number of carbonyl (C=O) groups excluding carboxylic acids is 1. The Hall–Kier alpha value is -3.49. The fourth-order valence-corrected chi connectivity index (χ4v) is 2.08. The minimum atomic E-state index is -0.569. The van der Waals surface area contributed by atoms with E-state index in [1.165, 1.54) is 0 Å². The quantitative estimate of drug-likeness (QED) is 0.353. The van der Waals surface area contributed by atoms with E-state index >= 15 is 0 Å². The fourth-order valence-electron chi connectivity index (χ4n) is 2.08. The molecule has 0 atom stereocenters. The van der Waals surface area contributed by atoms with Crippen molar-refractivity contribution in [2.24, 2.45) is 0 Å². The number of aliphatic hydroxyl groups is 1. The fraction of sp³-hybridized carbons (Fsp3) is 0.133. The first-order chi connectivity index (χ1) is 11.7. The van der Waals surface area contributed by atoms with Gasteiger partial charge in [0.05, 0.1) is 7.11 Å². The summed E-state index contributed by atoms with van der Waals surface area (Å²) in [6.07, 6.45) is 1.60. The number of rotatable bonds is 6. The number of nitrogens with one attached hydrogen (secondary N) is 2. The van der Waals surface area contributed by atoms with E-state index in [0.717, 1.165) is 23.1 Å². The molecule has 0 aliphatic rings. The number of benzene rings is 1. The van der Waals surface area contributed by atoms with E-state index in [2.05, 4.69) is 30.8 Å². The van der Waals surface area contributed by atoms with Crippen molar-refractivity contribution in [3.63, 3.8) is 0 Å². The van der Waals surface area contributed by atoms with E-state index in [4.69, 9.17) is 4.74 Å². The average molecular weight is 326 g/mol. The molecule has 122 valence electrons. The minimum Gasteiger partial charge on any atom is -0.505 e. The van der Waals surface area contributed by atoms with E-state index in [-0.39, 0.29) is 17.3 Å². The standard InChI is InChI=1S/C15H14N6O3/c1-24-11-4-2-9(3-5-11)6-10-7-12(17-16-10)13(22)8-14(23)15-18-20-21-19-15/h2-5,7-8,22H,6H2,1H3,(H,16,17)(H,18,19,20,21). The van der Waals surface area contributed by atoms with Crippen LogP contribution in [-0.4, -0.2) is 48.8 Å². The van der Waals surface area contributed by atoms with Gasteiger partial charge in [-0.3, -0.25) is 9.89 Å². The van der Waals surface area contributed by atoms with Gasteiger partial charge in [0.1, 0.15) is 17.2 Å². The lowest BCUT2D eigenvalue weighted by molar-refractivity contribution is 0.103. The van der Waals surface area contributed by atoms with E-state index in [9.17, 15) is 9.90 Å². The predicted octanol–water partition coefficient (Wildman–Crippen LogP) is 1.30. The summed E-state index contributed by atoms with van der Waals surface area (Å²) in [6.45, 7) is 0. The Kier molecular flexibility index (Phi) is 4.32. The minimum absolute atomic E-state index is 0.129. The molecule has 0 aliphatic carbocycles. The first-order valence-corrected chi connectivity index (χ1v) is 7.01. The Morgan fingerprint density at radius 2 is 2.08 bits per heavy atom. The molecule has 2 aromatic heterocycles. The van der Waals surface area contributed by atoms with Gasteiger partial charge in [0.15, 0.2) is 0 Å². The van der Waals surface area contributed by atoms with Crippen molar-refractivity contribution in [1.29, 1.82) is 0 Å². The number of aliphatic hydroxyl groups excluding tert-OH is 1. The predicted molar refractivity (Wildman–Crippen MR) is 83.5 cm³/mol. The second-order valence-corrected chi connectivity index (χ2v) is 4.93. The van der Waals surface area contributed by atoms with Crippen molar-refractivity contribution < 1.29 is 14.6 Å². The molecule has 3 N–H and O–H groups in total. The number of hydrogen-bond donors (Lipinski definition) is 3. The van der Waals surface area contributed by atoms with Crippen LogP contribution in [-0.2, 0) is 6.42 Å². The summed E-state index contributed by atoms with van der Waals surface area (Å²) in [6, 6.07) is 9.28. The van der Waals surface area contributed by atoms with Gasteiger partial charge in [0.2, 0.25) is 11.6 Å². The van der Waals surface area contributed by atoms with Crippen LogP contribution in [0.4, 0.5) is 0 Å². The Labute approximate surface area is 136 Å². The number of aromatic amines is 2. The zero-order valence-corrected chi connectivity index (χ0v) is 12.7. The van der Waals surface area contributed by atoms with Crippen LogP contribution in [0.15, 0.2) is 36.4 Å². The van der Waals surface area contributed by atoms with Crippen LogP contribution in [0.2, 0.25) is 0 Å². The van der Waals surface area contributed by atoms with Crippen molar-refractivity contribution >= 4 is 11.5 Å². The molecule has 0 fully saturated rings. The van der Waals surface area contributed by atoms with Crippen LogP contribution in [0.3, 0.4) is 0 Å². The number of aromatic nitrogens is 6. The molecule has 0 radical (unpaired) electrons. The lowest BCUT2D eigenvalue weighted by atomic mass is 10.1. The molecule has 2 heterocycles. The van der Waals surface area contributed by atoms with E-state index in [1.54, 1.807) is 13.2 Å². The second kappa shape index (κ2) is 6.73. The molecular formula is C15H14N6O3. The smallest absolute Gasteiger partial charge is 0.244 e. The maximum Gasteiger partial charge on any atom is 0.244 e. The summed E-state index contributed by atoms with van der Waals surface area (Å²) in [5, 5.41) is 29.4. The number of H-pyrrole nitrogens is 2. The molecule has 9 nitrogen and oxygen atoms in total. The van der Waals surface area contributed by atoms with Gasteiger partial charge >= 0.3 is 0 Å². The molecule has 9 heteroatoms. The number of ether oxygens (including phenoxy) is 1. The Morgan fingerprint density at radius 1 is 1.29 bits per heavy atom. The van der Waals surface area contributed by atoms with Gasteiger partial charge in [-0.25, -0.2) is 0 Å². The number of nitrogens with zero attached hydrogens (tertiary/aromatic N) is 4. The molecule has 0 amide bonds. The third-order valence-electron chi connectivity index (χ3n) is 3.28. The highest BCUT2D eigenvalue weighted by molar-refractivity contribution is 6.04. The van der Waals surface area contributed by atoms with Crippen molar-refractivity contribution in [3.8, 4) is 5.75 Å². The number of tetrazole rings is 1. The third-order valence-corrected chi connectivity index (χ3v) is 3.28. The van der Waals surface area contributed by atoms with Gasteiger partial charge in [0, 0.05) is 18.2 Å². The highest BCUT2D eigenvalue weighted by Crippen LogP contribution is 2.16. The largest absolute Gasteiger partial charge is 0.505 e. The Bertz CT molecular complexity index is 852. The van der Waals surface area contributed by atoms with Crippen molar-refractivity contribution in [1.82, 2.24) is 30.8 Å². The summed E-state index contributed by atoms with van der Waals surface area (Å²) >= 11 is 0.